The molecule has 2 N–H and O–H groups in total. The summed E-state index contributed by atoms with van der Waals surface area (Å²) in [6.07, 6.45) is -3.62. The molecule has 2 aliphatic rings. The molecule has 0 aliphatic carbocycles. The Labute approximate surface area is 227 Å². The van der Waals surface area contributed by atoms with Crippen molar-refractivity contribution in [3.05, 3.63) is 72.2 Å². The third-order valence-corrected chi connectivity index (χ3v) is 6.07. The lowest BCUT2D eigenvalue weighted by Gasteiger charge is -2.35. The fraction of sp³-hybridized carbons (Fsp3) is 0.360. The van der Waals surface area contributed by atoms with Gasteiger partial charge >= 0.3 is 24.3 Å². The third-order valence-electron chi connectivity index (χ3n) is 6.07. The van der Waals surface area contributed by atoms with Crippen molar-refractivity contribution in [3.8, 4) is 11.3 Å². The predicted octanol–water partition coefficient (Wildman–Crippen LogP) is 4.53. The third kappa shape index (κ3) is 8.72. The highest BCUT2D eigenvalue weighted by molar-refractivity contribution is 5.73. The van der Waals surface area contributed by atoms with E-state index in [1.807, 2.05) is 30.7 Å². The molecule has 222 valence electrons. The zero-order valence-corrected chi connectivity index (χ0v) is 21.0. The number of fused-ring (bicyclic) bond motifs is 1. The molecule has 1 saturated heterocycles. The number of halogens is 7. The maximum Gasteiger partial charge on any atom is 0.490 e. The summed E-state index contributed by atoms with van der Waals surface area (Å²) in [6.45, 7) is 4.12. The average molecular weight is 592 g/mol. The van der Waals surface area contributed by atoms with Crippen LogP contribution in [0.5, 0.6) is 0 Å². The second-order valence-electron chi connectivity index (χ2n) is 9.05. The zero-order valence-electron chi connectivity index (χ0n) is 21.0. The smallest absolute Gasteiger partial charge is 0.475 e. The number of benzene rings is 1. The molecule has 0 bridgehead atoms. The molecule has 1 atom stereocenters. The number of pyridine rings is 1. The number of carbonyl (C=O) groups is 2. The summed E-state index contributed by atoms with van der Waals surface area (Å²) in [5, 5.41) is 14.2. The van der Waals surface area contributed by atoms with Crippen LogP contribution >= 0.6 is 0 Å². The molecule has 1 unspecified atom stereocenters. The van der Waals surface area contributed by atoms with Crippen LogP contribution in [0.4, 0.5) is 30.7 Å². The molecule has 41 heavy (non-hydrogen) atoms. The van der Waals surface area contributed by atoms with Crippen LogP contribution in [0.25, 0.3) is 11.3 Å². The van der Waals surface area contributed by atoms with E-state index in [9.17, 15) is 30.7 Å². The molecule has 4 heterocycles. The number of alkyl halides is 6. The topological polar surface area (TPSA) is 118 Å². The zero-order chi connectivity index (χ0) is 30.4. The molecule has 1 aromatic carbocycles. The van der Waals surface area contributed by atoms with Crippen LogP contribution in [-0.2, 0) is 34.0 Å². The van der Waals surface area contributed by atoms with Gasteiger partial charge in [0, 0.05) is 32.0 Å². The Kier molecular flexibility index (Phi) is 9.70. The minimum Gasteiger partial charge on any atom is -0.475 e. The quantitative estimate of drug-likeness (QED) is 0.427. The molecule has 5 rings (SSSR count). The molecule has 2 aliphatic heterocycles. The minimum atomic E-state index is -5.08. The van der Waals surface area contributed by atoms with Crippen molar-refractivity contribution in [3.63, 3.8) is 0 Å². The summed E-state index contributed by atoms with van der Waals surface area (Å²) in [6, 6.07) is 10.7. The summed E-state index contributed by atoms with van der Waals surface area (Å²) < 4.78 is 85.3. The van der Waals surface area contributed by atoms with Gasteiger partial charge < -0.3 is 19.5 Å². The first-order valence-corrected chi connectivity index (χ1v) is 11.8. The van der Waals surface area contributed by atoms with Crippen molar-refractivity contribution >= 4 is 11.9 Å². The fourth-order valence-electron chi connectivity index (χ4n) is 4.16. The Morgan fingerprint density at radius 2 is 1.49 bits per heavy atom. The number of ether oxygens (including phenoxy) is 1. The van der Waals surface area contributed by atoms with Crippen molar-refractivity contribution in [2.24, 2.45) is 0 Å². The fourth-order valence-corrected chi connectivity index (χ4v) is 4.16. The van der Waals surface area contributed by atoms with Gasteiger partial charge in [-0.05, 0) is 53.9 Å². The van der Waals surface area contributed by atoms with Gasteiger partial charge in [-0.25, -0.2) is 19.0 Å². The summed E-state index contributed by atoms with van der Waals surface area (Å²) in [7, 11) is 0. The molecule has 2 aromatic heterocycles. The summed E-state index contributed by atoms with van der Waals surface area (Å²) in [5.41, 5.74) is 3.10. The Hall–Kier alpha value is -4.05. The van der Waals surface area contributed by atoms with Gasteiger partial charge in [0.15, 0.2) is 0 Å². The van der Waals surface area contributed by atoms with Crippen LogP contribution in [0, 0.1) is 5.82 Å². The van der Waals surface area contributed by atoms with E-state index in [4.69, 9.17) is 24.5 Å². The number of carboxylic acids is 2. The molecular weight excluding hydrogens is 569 g/mol. The molecule has 0 saturated carbocycles. The number of rotatable bonds is 3. The molecule has 0 radical (unpaired) electrons. The number of imidazole rings is 1. The summed E-state index contributed by atoms with van der Waals surface area (Å²) >= 11 is 0. The molecule has 1 spiro atoms. The van der Waals surface area contributed by atoms with Crippen LogP contribution < -0.4 is 0 Å². The number of aromatic nitrogens is 3. The van der Waals surface area contributed by atoms with Crippen LogP contribution in [0.1, 0.15) is 17.8 Å². The highest BCUT2D eigenvalue weighted by Crippen LogP contribution is 2.35. The van der Waals surface area contributed by atoms with E-state index in [2.05, 4.69) is 31.6 Å². The minimum absolute atomic E-state index is 0.185. The molecule has 16 heteroatoms. The van der Waals surface area contributed by atoms with Crippen molar-refractivity contribution in [1.82, 2.24) is 19.4 Å². The van der Waals surface area contributed by atoms with E-state index in [1.54, 1.807) is 0 Å². The Morgan fingerprint density at radius 1 is 0.927 bits per heavy atom. The van der Waals surface area contributed by atoms with Gasteiger partial charge in [-0.1, -0.05) is 0 Å². The van der Waals surface area contributed by atoms with E-state index < -0.39 is 24.3 Å². The standard InChI is InChI=1S/C21H21FN4O.2C2HF3O2/c22-18-3-1-17(2-4-18)19-11-24-20-13-27-21(15-26(19)20)7-10-25(14-21)12-16-5-8-23-9-6-16;2*3-2(4,5)1(6)7/h1-6,8-9,11H,7,10,12-15H2;2*(H,6,7). The van der Waals surface area contributed by atoms with E-state index in [0.717, 1.165) is 49.7 Å². The molecule has 3 aromatic rings. The first-order valence-electron chi connectivity index (χ1n) is 11.8. The molecule has 1 fully saturated rings. The van der Waals surface area contributed by atoms with Gasteiger partial charge in [-0.15, -0.1) is 0 Å². The van der Waals surface area contributed by atoms with Gasteiger partial charge in [0.1, 0.15) is 23.8 Å². The van der Waals surface area contributed by atoms with Crippen LogP contribution in [-0.4, -0.2) is 72.6 Å². The van der Waals surface area contributed by atoms with E-state index in [0.29, 0.717) is 6.61 Å². The molecule has 9 nitrogen and oxygen atoms in total. The Bertz CT molecular complexity index is 1310. The monoisotopic (exact) mass is 592 g/mol. The van der Waals surface area contributed by atoms with Gasteiger partial charge in [0.25, 0.3) is 0 Å². The first-order chi connectivity index (χ1) is 19.1. The van der Waals surface area contributed by atoms with Crippen LogP contribution in [0.15, 0.2) is 55.0 Å². The van der Waals surface area contributed by atoms with Crippen molar-refractivity contribution in [2.45, 2.75) is 44.1 Å². The maximum atomic E-state index is 13.3. The lowest BCUT2D eigenvalue weighted by molar-refractivity contribution is -0.193. The summed E-state index contributed by atoms with van der Waals surface area (Å²) in [5.74, 6) is -4.80. The lowest BCUT2D eigenvalue weighted by Crippen LogP contribution is -2.44. The van der Waals surface area contributed by atoms with Crippen LogP contribution in [0.3, 0.4) is 0 Å². The largest absolute Gasteiger partial charge is 0.490 e. The second-order valence-corrected chi connectivity index (χ2v) is 9.05. The van der Waals surface area contributed by atoms with Gasteiger partial charge in [-0.3, -0.25) is 9.88 Å². The number of hydrogen-bond donors (Lipinski definition) is 2. The Morgan fingerprint density at radius 3 is 2.02 bits per heavy atom. The molecule has 0 amide bonds. The maximum absolute atomic E-state index is 13.3. The number of likely N-dealkylation sites (tertiary alicyclic amines) is 1. The summed E-state index contributed by atoms with van der Waals surface area (Å²) in [4.78, 5) is 28.8. The first kappa shape index (κ1) is 31.5. The van der Waals surface area contributed by atoms with Crippen molar-refractivity contribution in [2.75, 3.05) is 13.1 Å². The number of nitrogens with zero attached hydrogens (tertiary/aromatic N) is 4. The number of aliphatic carboxylic acids is 2. The highest BCUT2D eigenvalue weighted by atomic mass is 19.4. The van der Waals surface area contributed by atoms with E-state index in [1.165, 1.54) is 17.7 Å². The Balaban J connectivity index is 0.000000276. The second kappa shape index (κ2) is 12.6. The van der Waals surface area contributed by atoms with E-state index >= 15 is 0 Å². The van der Waals surface area contributed by atoms with Crippen LogP contribution in [0.2, 0.25) is 0 Å². The van der Waals surface area contributed by atoms with Gasteiger partial charge in [-0.2, -0.15) is 26.3 Å². The van der Waals surface area contributed by atoms with Gasteiger partial charge in [0.05, 0.1) is 18.4 Å². The highest BCUT2D eigenvalue weighted by Gasteiger charge is 2.43. The SMILES string of the molecule is Fc1ccc(-c2cnc3n2CC2(CCN(Cc4ccncc4)C2)OC3)cc1.O=C(O)C(F)(F)F.O=C(O)C(F)(F)F. The van der Waals surface area contributed by atoms with E-state index in [-0.39, 0.29) is 11.4 Å². The average Bonchev–Trinajstić information content (AvgIpc) is 3.48. The van der Waals surface area contributed by atoms with Crippen molar-refractivity contribution < 1.29 is 55.3 Å². The van der Waals surface area contributed by atoms with Crippen molar-refractivity contribution in [1.29, 1.82) is 0 Å². The lowest BCUT2D eigenvalue weighted by atomic mass is 10.0. The van der Waals surface area contributed by atoms with Gasteiger partial charge in [0.2, 0.25) is 0 Å². The number of hydrogen-bond acceptors (Lipinski definition) is 6. The molecular formula is C25H23F7N4O5. The number of carboxylic acid groups (broad SMARTS) is 2. The normalized spacial score (nSPS) is 18.5. The predicted molar refractivity (Wildman–Crippen MR) is 127 cm³/mol.